The molecule has 0 aromatic rings. The van der Waals surface area contributed by atoms with Crippen LogP contribution < -0.4 is 0 Å². The third kappa shape index (κ3) is 9.39. The van der Waals surface area contributed by atoms with Crippen LogP contribution in [0.2, 0.25) is 0 Å². The number of unbranched alkanes of at least 4 members (excludes halogenated alkanes) is 5. The van der Waals surface area contributed by atoms with Gasteiger partial charge in [-0.3, -0.25) is 0 Å². The molecule has 0 aliphatic rings. The lowest BCUT2D eigenvalue weighted by Gasteiger charge is -1.95. The fraction of sp³-hybridized carbons (Fsp3) is 0.714. The lowest BCUT2D eigenvalue weighted by atomic mass is 10.1. The number of rotatable bonds is 7. The standard InChI is InChI=1S/C14H22/c1-4-6-8-9-11-13-14(3)12-10-7-5-2/h4-10,12H2,1-2H3. The minimum atomic E-state index is 0.620. The normalized spacial score (nSPS) is 9.29. The molecule has 0 bridgehead atoms. The number of hydrogen-bond acceptors (Lipinski definition) is 0. The van der Waals surface area contributed by atoms with Gasteiger partial charge in [0.25, 0.3) is 0 Å². The topological polar surface area (TPSA) is 0 Å². The van der Waals surface area contributed by atoms with E-state index in [9.17, 15) is 0 Å². The van der Waals surface area contributed by atoms with E-state index in [1.54, 1.807) is 0 Å². The third-order valence-electron chi connectivity index (χ3n) is 2.17. The first kappa shape index (κ1) is 13.3. The summed E-state index contributed by atoms with van der Waals surface area (Å²) in [5.41, 5.74) is 0.620. The first-order chi connectivity index (χ1) is 6.81. The Labute approximate surface area is 89.8 Å². The molecule has 14 heavy (non-hydrogen) atoms. The fourth-order valence-electron chi connectivity index (χ4n) is 1.25. The predicted octanol–water partition coefficient (Wildman–Crippen LogP) is 4.39. The van der Waals surface area contributed by atoms with E-state index in [2.05, 4.69) is 25.7 Å². The molecular formula is C14H22. The van der Waals surface area contributed by atoms with Crippen LogP contribution in [0.4, 0.5) is 0 Å². The maximum absolute atomic E-state index is 7.57. The van der Waals surface area contributed by atoms with Gasteiger partial charge in [-0.05, 0) is 19.3 Å². The van der Waals surface area contributed by atoms with Gasteiger partial charge in [-0.2, -0.15) is 0 Å². The van der Waals surface area contributed by atoms with Crippen LogP contribution >= 0.6 is 0 Å². The van der Waals surface area contributed by atoms with Gasteiger partial charge in [0.1, 0.15) is 0 Å². The Morgan fingerprint density at radius 2 is 1.64 bits per heavy atom. The van der Waals surface area contributed by atoms with Gasteiger partial charge in [-0.25, -0.2) is 0 Å². The van der Waals surface area contributed by atoms with E-state index >= 15 is 0 Å². The van der Waals surface area contributed by atoms with Gasteiger partial charge in [0.05, 0.1) is 0 Å². The minimum Gasteiger partial charge on any atom is -0.0982 e. The Morgan fingerprint density at radius 3 is 2.29 bits per heavy atom. The largest absolute Gasteiger partial charge is 0.0982 e. The van der Waals surface area contributed by atoms with E-state index in [0.717, 1.165) is 19.3 Å². The number of allylic oxidation sites excluding steroid dienone is 1. The molecule has 0 fully saturated rings. The molecule has 0 aromatic carbocycles. The SMILES string of the molecule is [C]=C(C#CCCCCC)CCCCC. The Bertz CT molecular complexity index is 190. The van der Waals surface area contributed by atoms with Crippen molar-refractivity contribution in [2.45, 2.75) is 65.2 Å². The zero-order chi connectivity index (χ0) is 10.6. The molecule has 0 heteroatoms. The van der Waals surface area contributed by atoms with Gasteiger partial charge in [-0.15, -0.1) is 0 Å². The van der Waals surface area contributed by atoms with E-state index < -0.39 is 0 Å². The molecule has 2 radical (unpaired) electrons. The average Bonchev–Trinajstić information content (AvgIpc) is 2.18. The molecule has 0 unspecified atom stereocenters. The molecule has 0 nitrogen and oxygen atoms in total. The zero-order valence-electron chi connectivity index (χ0n) is 9.66. The highest BCUT2D eigenvalue weighted by Crippen LogP contribution is 2.05. The summed E-state index contributed by atoms with van der Waals surface area (Å²) >= 11 is 0. The van der Waals surface area contributed by atoms with Gasteiger partial charge >= 0.3 is 0 Å². The second-order valence-corrected chi connectivity index (χ2v) is 3.69. The predicted molar refractivity (Wildman–Crippen MR) is 62.8 cm³/mol. The summed E-state index contributed by atoms with van der Waals surface area (Å²) in [6.45, 7) is 11.9. The Kier molecular flexibility index (Phi) is 9.86. The van der Waals surface area contributed by atoms with Crippen molar-refractivity contribution in [1.82, 2.24) is 0 Å². The lowest BCUT2D eigenvalue weighted by molar-refractivity contribution is 0.720. The molecule has 0 saturated heterocycles. The van der Waals surface area contributed by atoms with Gasteiger partial charge in [0, 0.05) is 18.6 Å². The van der Waals surface area contributed by atoms with Crippen molar-refractivity contribution >= 4 is 0 Å². The highest BCUT2D eigenvalue weighted by atomic mass is 13.9. The first-order valence-corrected chi connectivity index (χ1v) is 5.87. The molecule has 0 heterocycles. The molecule has 0 amide bonds. The summed E-state index contributed by atoms with van der Waals surface area (Å²) in [6.07, 6.45) is 9.09. The van der Waals surface area contributed by atoms with Crippen molar-refractivity contribution < 1.29 is 0 Å². The van der Waals surface area contributed by atoms with Crippen LogP contribution in [0.3, 0.4) is 0 Å². The van der Waals surface area contributed by atoms with Crippen LogP contribution in [0.1, 0.15) is 65.2 Å². The summed E-state index contributed by atoms with van der Waals surface area (Å²) < 4.78 is 0. The van der Waals surface area contributed by atoms with Gasteiger partial charge < -0.3 is 0 Å². The van der Waals surface area contributed by atoms with E-state index in [-0.39, 0.29) is 0 Å². The molecule has 0 spiro atoms. The Balaban J connectivity index is 3.39. The van der Waals surface area contributed by atoms with Crippen molar-refractivity contribution in [3.8, 4) is 11.8 Å². The third-order valence-corrected chi connectivity index (χ3v) is 2.17. The monoisotopic (exact) mass is 190 g/mol. The minimum absolute atomic E-state index is 0.620. The van der Waals surface area contributed by atoms with Gasteiger partial charge in [0.2, 0.25) is 0 Å². The maximum atomic E-state index is 7.57. The maximum Gasteiger partial charge on any atom is 0.0106 e. The zero-order valence-corrected chi connectivity index (χ0v) is 9.66. The molecule has 0 saturated carbocycles. The second-order valence-electron chi connectivity index (χ2n) is 3.69. The Hall–Kier alpha value is -0.700. The molecular weight excluding hydrogens is 168 g/mol. The summed E-state index contributed by atoms with van der Waals surface area (Å²) in [6, 6.07) is 0. The molecule has 0 rings (SSSR count). The fourth-order valence-corrected chi connectivity index (χ4v) is 1.25. The molecule has 78 valence electrons. The van der Waals surface area contributed by atoms with Crippen LogP contribution in [0, 0.1) is 18.4 Å². The van der Waals surface area contributed by atoms with E-state index in [0.29, 0.717) is 5.57 Å². The van der Waals surface area contributed by atoms with E-state index in [1.165, 1.54) is 32.1 Å². The molecule has 0 aromatic heterocycles. The molecule has 0 N–H and O–H groups in total. The highest BCUT2D eigenvalue weighted by molar-refractivity contribution is 5.23. The van der Waals surface area contributed by atoms with Crippen molar-refractivity contribution in [2.24, 2.45) is 0 Å². The number of hydrogen-bond donors (Lipinski definition) is 0. The van der Waals surface area contributed by atoms with Crippen molar-refractivity contribution in [2.75, 3.05) is 0 Å². The lowest BCUT2D eigenvalue weighted by Crippen LogP contribution is -1.79. The summed E-state index contributed by atoms with van der Waals surface area (Å²) in [5, 5.41) is 0. The van der Waals surface area contributed by atoms with Crippen LogP contribution in [-0.2, 0) is 0 Å². The van der Waals surface area contributed by atoms with Crippen LogP contribution in [0.15, 0.2) is 5.57 Å². The first-order valence-electron chi connectivity index (χ1n) is 5.87. The van der Waals surface area contributed by atoms with Crippen LogP contribution in [0.25, 0.3) is 0 Å². The van der Waals surface area contributed by atoms with Crippen molar-refractivity contribution in [1.29, 1.82) is 0 Å². The molecule has 0 atom stereocenters. The van der Waals surface area contributed by atoms with E-state index in [1.807, 2.05) is 0 Å². The molecule has 0 aliphatic carbocycles. The van der Waals surface area contributed by atoms with Gasteiger partial charge in [0.15, 0.2) is 0 Å². The second kappa shape index (κ2) is 10.4. The Morgan fingerprint density at radius 1 is 1.00 bits per heavy atom. The van der Waals surface area contributed by atoms with Crippen molar-refractivity contribution in [3.63, 3.8) is 0 Å². The summed E-state index contributed by atoms with van der Waals surface area (Å²) in [4.78, 5) is 0. The van der Waals surface area contributed by atoms with E-state index in [4.69, 9.17) is 6.58 Å². The smallest absolute Gasteiger partial charge is 0.0106 e. The van der Waals surface area contributed by atoms with Crippen LogP contribution in [0.5, 0.6) is 0 Å². The highest BCUT2D eigenvalue weighted by Gasteiger charge is 1.89. The van der Waals surface area contributed by atoms with Crippen molar-refractivity contribution in [3.05, 3.63) is 12.2 Å². The average molecular weight is 190 g/mol. The van der Waals surface area contributed by atoms with Crippen LogP contribution in [-0.4, -0.2) is 0 Å². The van der Waals surface area contributed by atoms with Gasteiger partial charge in [-0.1, -0.05) is 51.4 Å². The molecule has 0 aliphatic heterocycles. The quantitative estimate of drug-likeness (QED) is 0.412. The summed E-state index contributed by atoms with van der Waals surface area (Å²) in [7, 11) is 0. The summed E-state index contributed by atoms with van der Waals surface area (Å²) in [5.74, 6) is 6.01.